The highest BCUT2D eigenvalue weighted by Gasteiger charge is 2.10. The number of aliphatic carboxylic acids is 1. The number of hydrogen-bond donors (Lipinski definition) is 1. The minimum absolute atomic E-state index is 0.133. The number of esters is 2. The monoisotopic (exact) mass is 268 g/mol. The zero-order valence-electron chi connectivity index (χ0n) is 10.4. The molecule has 0 aromatic rings. The normalized spacial score (nSPS) is 11.6. The highest BCUT2D eigenvalue weighted by molar-refractivity contribution is 5.82. The van der Waals surface area contributed by atoms with Crippen LogP contribution in [0.15, 0.2) is 37.5 Å². The van der Waals surface area contributed by atoms with Gasteiger partial charge in [0, 0.05) is 18.2 Å². The summed E-state index contributed by atoms with van der Waals surface area (Å²) < 4.78 is 9.66. The summed E-state index contributed by atoms with van der Waals surface area (Å²) in [5, 5.41) is 8.50. The van der Waals surface area contributed by atoms with E-state index in [9.17, 15) is 14.4 Å². The van der Waals surface area contributed by atoms with Gasteiger partial charge in [0.2, 0.25) is 0 Å². The van der Waals surface area contributed by atoms with Crippen molar-refractivity contribution in [1.82, 2.24) is 0 Å². The minimum atomic E-state index is -1.14. The van der Waals surface area contributed by atoms with Gasteiger partial charge in [0.15, 0.2) is 0 Å². The van der Waals surface area contributed by atoms with E-state index in [0.29, 0.717) is 12.8 Å². The zero-order valence-corrected chi connectivity index (χ0v) is 10.4. The third kappa shape index (κ3) is 9.34. The molecule has 0 saturated carbocycles. The summed E-state index contributed by atoms with van der Waals surface area (Å²) >= 11 is 0. The number of carboxylic acids is 1. The first-order valence-electron chi connectivity index (χ1n) is 5.53. The summed E-state index contributed by atoms with van der Waals surface area (Å²) in [6.07, 6.45) is 4.20. The Labute approximate surface area is 111 Å². The van der Waals surface area contributed by atoms with Crippen molar-refractivity contribution in [3.05, 3.63) is 37.5 Å². The third-order valence-corrected chi connectivity index (χ3v) is 1.93. The van der Waals surface area contributed by atoms with Gasteiger partial charge in [0.05, 0.1) is 6.61 Å². The van der Waals surface area contributed by atoms with Gasteiger partial charge in [-0.25, -0.2) is 14.4 Å². The van der Waals surface area contributed by atoms with Crippen LogP contribution in [0.5, 0.6) is 0 Å². The lowest BCUT2D eigenvalue weighted by Crippen LogP contribution is -2.16. The number of hydrogen-bond acceptors (Lipinski definition) is 5. The molecule has 6 heteroatoms. The van der Waals surface area contributed by atoms with Gasteiger partial charge in [-0.15, -0.1) is 0 Å². The molecule has 6 nitrogen and oxygen atoms in total. The average molecular weight is 268 g/mol. The Morgan fingerprint density at radius 3 is 2.32 bits per heavy atom. The van der Waals surface area contributed by atoms with Crippen molar-refractivity contribution >= 4 is 17.9 Å². The second-order valence-corrected chi connectivity index (χ2v) is 3.39. The van der Waals surface area contributed by atoms with E-state index in [1.54, 1.807) is 0 Å². The Hall–Kier alpha value is -2.37. The Balaban J connectivity index is 4.22. The van der Waals surface area contributed by atoms with Crippen LogP contribution in [-0.2, 0) is 23.9 Å². The Morgan fingerprint density at radius 1 is 1.16 bits per heavy atom. The topological polar surface area (TPSA) is 89.9 Å². The average Bonchev–Trinajstić information content (AvgIpc) is 2.39. The molecule has 0 saturated heterocycles. The first-order chi connectivity index (χ1) is 8.99. The molecule has 19 heavy (non-hydrogen) atoms. The fourth-order valence-corrected chi connectivity index (χ4v) is 1.10. The first-order valence-corrected chi connectivity index (χ1v) is 5.53. The molecule has 0 aliphatic heterocycles. The molecule has 0 aliphatic carbocycles. The van der Waals surface area contributed by atoms with Crippen LogP contribution in [-0.4, -0.2) is 35.7 Å². The third-order valence-electron chi connectivity index (χ3n) is 1.93. The van der Waals surface area contributed by atoms with Crippen LogP contribution in [0, 0.1) is 0 Å². The fraction of sp³-hybridized carbons (Fsp3) is 0.308. The van der Waals surface area contributed by atoms with E-state index in [1.807, 2.05) is 0 Å². The lowest BCUT2D eigenvalue weighted by molar-refractivity contribution is -0.142. The molecule has 0 heterocycles. The number of carboxylic acid groups (broad SMARTS) is 1. The van der Waals surface area contributed by atoms with Crippen LogP contribution in [0.1, 0.15) is 12.8 Å². The van der Waals surface area contributed by atoms with Crippen LogP contribution < -0.4 is 0 Å². The van der Waals surface area contributed by atoms with Gasteiger partial charge in [0.1, 0.15) is 6.10 Å². The molecule has 0 bridgehead atoms. The van der Waals surface area contributed by atoms with Gasteiger partial charge in [-0.05, 0) is 18.9 Å². The smallest absolute Gasteiger partial charge is 0.330 e. The Kier molecular flexibility index (Phi) is 8.44. The highest BCUT2D eigenvalue weighted by atomic mass is 16.5. The van der Waals surface area contributed by atoms with Gasteiger partial charge in [-0.2, -0.15) is 0 Å². The van der Waals surface area contributed by atoms with Crippen molar-refractivity contribution in [3.8, 4) is 0 Å². The predicted octanol–water partition coefficient (Wildman–Crippen LogP) is 1.23. The molecular formula is C13H16O6. The van der Waals surface area contributed by atoms with Crippen LogP contribution >= 0.6 is 0 Å². The summed E-state index contributed by atoms with van der Waals surface area (Å²) in [4.78, 5) is 32.2. The molecular weight excluding hydrogens is 252 g/mol. The molecule has 0 rings (SSSR count). The maximum absolute atomic E-state index is 11.0. The Bertz CT molecular complexity index is 383. The summed E-state index contributed by atoms with van der Waals surface area (Å²) in [6, 6.07) is 0. The lowest BCUT2D eigenvalue weighted by Gasteiger charge is -2.12. The van der Waals surface area contributed by atoms with Crippen LogP contribution in [0.25, 0.3) is 0 Å². The van der Waals surface area contributed by atoms with Crippen molar-refractivity contribution in [1.29, 1.82) is 0 Å². The van der Waals surface area contributed by atoms with Crippen LogP contribution in [0.3, 0.4) is 0 Å². The van der Waals surface area contributed by atoms with E-state index < -0.39 is 24.0 Å². The van der Waals surface area contributed by atoms with E-state index >= 15 is 0 Å². The van der Waals surface area contributed by atoms with Gasteiger partial charge >= 0.3 is 17.9 Å². The molecule has 1 unspecified atom stereocenters. The number of carbonyl (C=O) groups is 3. The van der Waals surface area contributed by atoms with Gasteiger partial charge in [0.25, 0.3) is 0 Å². The summed E-state index contributed by atoms with van der Waals surface area (Å²) in [7, 11) is 0. The summed E-state index contributed by atoms with van der Waals surface area (Å²) in [5.74, 6) is -2.33. The second kappa shape index (κ2) is 9.64. The second-order valence-electron chi connectivity index (χ2n) is 3.39. The largest absolute Gasteiger partial charge is 0.478 e. The maximum atomic E-state index is 11.0. The SMILES string of the molecule is C=CC(=O)OCCCC(C=CC(=O)O)OC(=O)C=C. The molecule has 1 N–H and O–H groups in total. The van der Waals surface area contributed by atoms with Gasteiger partial charge < -0.3 is 14.6 Å². The fourth-order valence-electron chi connectivity index (χ4n) is 1.10. The van der Waals surface area contributed by atoms with Crippen LogP contribution in [0.2, 0.25) is 0 Å². The predicted molar refractivity (Wildman–Crippen MR) is 67.2 cm³/mol. The van der Waals surface area contributed by atoms with E-state index in [2.05, 4.69) is 13.2 Å². The van der Waals surface area contributed by atoms with Crippen molar-refractivity contribution in [2.24, 2.45) is 0 Å². The molecule has 1 atom stereocenters. The highest BCUT2D eigenvalue weighted by Crippen LogP contribution is 2.06. The number of carbonyl (C=O) groups excluding carboxylic acids is 2. The van der Waals surface area contributed by atoms with Crippen molar-refractivity contribution < 1.29 is 29.0 Å². The molecule has 0 radical (unpaired) electrons. The number of ether oxygens (including phenoxy) is 2. The molecule has 0 aliphatic rings. The quantitative estimate of drug-likeness (QED) is 0.384. The maximum Gasteiger partial charge on any atom is 0.330 e. The van der Waals surface area contributed by atoms with Gasteiger partial charge in [-0.1, -0.05) is 13.2 Å². The zero-order chi connectivity index (χ0) is 14.7. The molecule has 0 aromatic heterocycles. The summed E-state index contributed by atoms with van der Waals surface area (Å²) in [5.41, 5.74) is 0. The molecule has 104 valence electrons. The van der Waals surface area contributed by atoms with Crippen LogP contribution in [0.4, 0.5) is 0 Å². The van der Waals surface area contributed by atoms with E-state index in [1.165, 1.54) is 6.08 Å². The standard InChI is InChI=1S/C13H16O6/c1-3-12(16)18-9-5-6-10(7-8-11(14)15)19-13(17)4-2/h3-4,7-8,10H,1-2,5-6,9H2,(H,14,15). The van der Waals surface area contributed by atoms with Crippen molar-refractivity contribution in [2.75, 3.05) is 6.61 Å². The van der Waals surface area contributed by atoms with Gasteiger partial charge in [-0.3, -0.25) is 0 Å². The molecule has 0 aromatic carbocycles. The van der Waals surface area contributed by atoms with Crippen molar-refractivity contribution in [3.63, 3.8) is 0 Å². The minimum Gasteiger partial charge on any atom is -0.478 e. The van der Waals surface area contributed by atoms with E-state index in [0.717, 1.165) is 18.2 Å². The first kappa shape index (κ1) is 16.6. The molecule has 0 spiro atoms. The molecule has 0 amide bonds. The summed E-state index contributed by atoms with van der Waals surface area (Å²) in [6.45, 7) is 6.62. The van der Waals surface area contributed by atoms with E-state index in [-0.39, 0.29) is 6.61 Å². The molecule has 0 fully saturated rings. The van der Waals surface area contributed by atoms with Crippen molar-refractivity contribution in [2.45, 2.75) is 18.9 Å². The Morgan fingerprint density at radius 2 is 1.79 bits per heavy atom. The van der Waals surface area contributed by atoms with E-state index in [4.69, 9.17) is 14.6 Å². The lowest BCUT2D eigenvalue weighted by atomic mass is 10.2. The number of rotatable bonds is 9.